The molecule has 0 spiro atoms. The lowest BCUT2D eigenvalue weighted by molar-refractivity contribution is -0.398. The third-order valence-electron chi connectivity index (χ3n) is 23.0. The molecule has 59 heteroatoms. The summed E-state index contributed by atoms with van der Waals surface area (Å²) in [6.45, 7) is -4.55. The minimum atomic E-state index is -5.46. The average molecular weight is 1910 g/mol. The number of hydrogen-bond acceptors (Lipinski definition) is 52. The Balaban J connectivity index is 0.992. The molecule has 0 aromatic carbocycles. The third-order valence-corrected chi connectivity index (χ3v) is 23.5. The second kappa shape index (κ2) is 46.1. The number of hydrogen-bond donors (Lipinski definition) is 31. The van der Waals surface area contributed by atoms with E-state index < -0.39 is 406 Å². The SMILES string of the molecule is CC(=O)N[C@H]1[C@H](O[C@H]2[C@H](O)[C@@H](NC(C)=O)[C@H](O[C@@H]3[C@@H](O[C@@H]4[C@H](O)[C@H](O[C@H]5[C@H](O)[C@@H](NC(C)=O)[C@H](O[C@H]6[C@H](O)[C@@H](NC(C)=O)C(O)O[C@@H]6CO[C@@H]6O[C@@H](C)[C@@H](O)[C@@H](O)[C@@H]6O)O[C@@H]5CO)O[C@H](CO[C@H]5O[C@H](CO)[C@@H](O)[C@H](O)[C@@H]5O[C@@H]5O[C@H](CO)[C@@H](O[C@@H]6O[C@H](CO)[C@H](O)[C@H](O)[C@H]6O)[C@H](O)[C@H]5NC(C)=O)[C@H]4O)O[C@H](CO)[C@@H](O)[C@@H]3O)O[C@@H]2CO)O[C@H](CO)[C@H](OS(=O)(=O)O)[C@@H]1O. The zero-order valence-corrected chi connectivity index (χ0v) is 70.1. The number of aliphatic hydroxyl groups excluding tert-OH is 25. The lowest BCUT2D eigenvalue weighted by atomic mass is 9.93. The van der Waals surface area contributed by atoms with E-state index in [2.05, 4.69) is 30.8 Å². The van der Waals surface area contributed by atoms with E-state index in [-0.39, 0.29) is 0 Å². The van der Waals surface area contributed by atoms with E-state index in [0.717, 1.165) is 34.6 Å². The molecule has 0 bridgehead atoms. The molecule has 10 fully saturated rings. The van der Waals surface area contributed by atoms with Gasteiger partial charge in [0.15, 0.2) is 62.9 Å². The molecule has 5 amide bonds. The third kappa shape index (κ3) is 24.5. The van der Waals surface area contributed by atoms with Gasteiger partial charge in [-0.1, -0.05) is 0 Å². The maximum absolute atomic E-state index is 13.3. The van der Waals surface area contributed by atoms with Crippen LogP contribution in [0.15, 0.2) is 0 Å². The number of amides is 5. The highest BCUT2D eigenvalue weighted by atomic mass is 32.3. The number of nitrogens with one attached hydrogen (secondary N) is 5. The maximum atomic E-state index is 13.3. The molecule has 0 aliphatic carbocycles. The van der Waals surface area contributed by atoms with Crippen molar-refractivity contribution in [3.63, 3.8) is 0 Å². The van der Waals surface area contributed by atoms with E-state index in [9.17, 15) is 165 Å². The molecule has 1 unspecified atom stereocenters. The molecule has 746 valence electrons. The van der Waals surface area contributed by atoms with Crippen molar-refractivity contribution in [2.45, 2.75) is 348 Å². The van der Waals surface area contributed by atoms with Crippen molar-refractivity contribution in [3.8, 4) is 0 Å². The summed E-state index contributed by atoms with van der Waals surface area (Å²) in [5.41, 5.74) is 0. The molecule has 10 rings (SSSR count). The van der Waals surface area contributed by atoms with Crippen molar-refractivity contribution in [1.82, 2.24) is 26.6 Å². The van der Waals surface area contributed by atoms with Gasteiger partial charge in [-0.25, -0.2) is 4.18 Å². The van der Waals surface area contributed by atoms with Gasteiger partial charge < -0.3 is 244 Å². The lowest BCUT2D eigenvalue weighted by Crippen LogP contribution is -2.71. The van der Waals surface area contributed by atoms with Crippen LogP contribution < -0.4 is 26.6 Å². The first kappa shape index (κ1) is 107. The van der Waals surface area contributed by atoms with Gasteiger partial charge in [-0.3, -0.25) is 28.5 Å². The summed E-state index contributed by atoms with van der Waals surface area (Å²) in [5.74, 6) is -4.85. The zero-order valence-electron chi connectivity index (χ0n) is 69.3. The van der Waals surface area contributed by atoms with E-state index in [4.69, 9.17) is 90.0 Å². The summed E-state index contributed by atoms with van der Waals surface area (Å²) < 4.78 is 151. The first-order valence-electron chi connectivity index (χ1n) is 40.6. The first-order chi connectivity index (χ1) is 60.7. The predicted octanol–water partition coefficient (Wildman–Crippen LogP) is -21.2. The molecule has 50 atom stereocenters. The van der Waals surface area contributed by atoms with E-state index in [1.807, 2.05) is 0 Å². The molecule has 10 saturated heterocycles. The van der Waals surface area contributed by atoms with Crippen molar-refractivity contribution in [3.05, 3.63) is 0 Å². The topological polar surface area (TPSA) is 890 Å². The fourth-order valence-electron chi connectivity index (χ4n) is 16.4. The van der Waals surface area contributed by atoms with E-state index in [1.165, 1.54) is 6.92 Å². The fraction of sp³-hybridized carbons (Fsp3) is 0.929. The number of carbonyl (C=O) groups excluding carboxylic acids is 5. The minimum absolute atomic E-state index is 0.860. The summed E-state index contributed by atoms with van der Waals surface area (Å²) in [7, 11) is -5.46. The Morgan fingerprint density at radius 2 is 0.535 bits per heavy atom. The molecule has 0 aromatic heterocycles. The lowest BCUT2D eigenvalue weighted by Gasteiger charge is -2.51. The monoisotopic (exact) mass is 1910 g/mol. The molecule has 0 saturated carbocycles. The van der Waals surface area contributed by atoms with Crippen molar-refractivity contribution in [2.75, 3.05) is 59.5 Å². The van der Waals surface area contributed by atoms with Gasteiger partial charge in [0.2, 0.25) is 29.5 Å². The highest BCUT2D eigenvalue weighted by Crippen LogP contribution is 2.41. The average Bonchev–Trinajstić information content (AvgIpc) is 0.771. The fourth-order valence-corrected chi connectivity index (χ4v) is 16.9. The summed E-state index contributed by atoms with van der Waals surface area (Å²) in [6, 6.07) is -9.83. The number of rotatable bonds is 34. The number of ether oxygens (including phenoxy) is 19. The number of carbonyl (C=O) groups is 5. The van der Waals surface area contributed by atoms with Crippen LogP contribution in [0.2, 0.25) is 0 Å². The van der Waals surface area contributed by atoms with Crippen LogP contribution in [0.25, 0.3) is 0 Å². The Kier molecular flexibility index (Phi) is 38.0. The standard InChI is InChI=1S/C70H117N5O53S/c1-16-36(88)46(98)50(102)66(111-16)109-15-30-56(41(93)31(61(105)112-30)71-17(2)83)122-62-32(72-18(3)84)43(95)55(27(12-81)116-62)124-68-52(104)58(40(92)29(120-68)14-110-69-59(48(100)38(90)23(8-77)114-69)126-64-34(74-20(5)86)44(96)54(26(11-80)118-64)123-67-51(103)47(99)37(89)22(7-76)113-67)125-70-60(49(101)39(91)24(9-78)115-70)127-65-33(73-19(4)85)42(94)53(25(10-79)117-65)121-63-35(75-21(6)87)45(97)57(28(13-82)119-63)128-129(106,107)108/h16,22-70,76-82,88-105H,7-15H2,1-6H3,(H,71,83)(H,72,84)(H,73,85)(H,74,86)(H,75,87)(H,106,107,108)/t16-,22+,23+,24+,25+,26+,27+,28+,29+,30+,31+,32+,33+,34+,35+,36+,37-,38+,39+,40+,41+,42+,43+,44+,45+,46+,47-,48-,49-,50-,51+,52-,53+,54+,55+,56+,57-,58-,59-,60-,61?,62-,63-,64-,65-,66+,67-,68-,69-,70+/m0/s1. The highest BCUT2D eigenvalue weighted by molar-refractivity contribution is 7.80. The van der Waals surface area contributed by atoms with E-state index >= 15 is 0 Å². The molecule has 0 radical (unpaired) electrons. The van der Waals surface area contributed by atoms with Crippen molar-refractivity contribution in [2.24, 2.45) is 0 Å². The van der Waals surface area contributed by atoms with Crippen LogP contribution in [0.4, 0.5) is 0 Å². The second-order valence-electron chi connectivity index (χ2n) is 32.2. The van der Waals surface area contributed by atoms with Crippen LogP contribution in [0.3, 0.4) is 0 Å². The van der Waals surface area contributed by atoms with Crippen LogP contribution >= 0.6 is 0 Å². The van der Waals surface area contributed by atoms with Crippen molar-refractivity contribution < 1.29 is 259 Å². The zero-order chi connectivity index (χ0) is 95.3. The predicted molar refractivity (Wildman–Crippen MR) is 397 cm³/mol. The van der Waals surface area contributed by atoms with Gasteiger partial charge in [0, 0.05) is 34.6 Å². The smallest absolute Gasteiger partial charge is 0.394 e. The van der Waals surface area contributed by atoms with E-state index in [0.29, 0.717) is 0 Å². The van der Waals surface area contributed by atoms with Gasteiger partial charge in [0.25, 0.3) is 0 Å². The van der Waals surface area contributed by atoms with Gasteiger partial charge in [0.05, 0.1) is 65.6 Å². The quantitative estimate of drug-likeness (QED) is 0.0266. The highest BCUT2D eigenvalue weighted by Gasteiger charge is 2.62. The van der Waals surface area contributed by atoms with Gasteiger partial charge in [-0.05, 0) is 6.92 Å². The van der Waals surface area contributed by atoms with Gasteiger partial charge >= 0.3 is 10.4 Å². The molecule has 10 aliphatic rings. The molecular weight excluding hydrogens is 1790 g/mol. The van der Waals surface area contributed by atoms with Crippen molar-refractivity contribution >= 4 is 39.9 Å². The van der Waals surface area contributed by atoms with Crippen LogP contribution in [-0.4, -0.2) is 536 Å². The minimum Gasteiger partial charge on any atom is -0.394 e. The normalized spacial score (nSPS) is 47.7. The van der Waals surface area contributed by atoms with Crippen LogP contribution in [0.5, 0.6) is 0 Å². The van der Waals surface area contributed by atoms with Crippen LogP contribution in [-0.2, 0) is 129 Å². The first-order valence-corrected chi connectivity index (χ1v) is 42.0. The summed E-state index contributed by atoms with van der Waals surface area (Å²) in [5, 5.41) is 294. The number of aliphatic hydroxyl groups is 25. The largest absolute Gasteiger partial charge is 0.397 e. The molecule has 129 heavy (non-hydrogen) atoms. The Hall–Kier alpha value is -4.54. The summed E-state index contributed by atoms with van der Waals surface area (Å²) in [6.07, 6.45) is -95.7. The Morgan fingerprint density at radius 3 is 0.938 bits per heavy atom. The molecule has 10 aliphatic heterocycles. The summed E-state index contributed by atoms with van der Waals surface area (Å²) in [4.78, 5) is 64.5. The van der Waals surface area contributed by atoms with Gasteiger partial charge in [-0.15, -0.1) is 0 Å². The molecular formula is C70H117N5O53S. The summed E-state index contributed by atoms with van der Waals surface area (Å²) >= 11 is 0. The van der Waals surface area contributed by atoms with Crippen LogP contribution in [0.1, 0.15) is 41.5 Å². The Labute approximate surface area is 730 Å². The van der Waals surface area contributed by atoms with Gasteiger partial charge in [0.1, 0.15) is 238 Å². The molecule has 58 nitrogen and oxygen atoms in total. The molecule has 31 N–H and O–H groups in total. The molecule has 0 aromatic rings. The van der Waals surface area contributed by atoms with E-state index in [1.54, 1.807) is 0 Å². The van der Waals surface area contributed by atoms with Crippen LogP contribution in [0, 0.1) is 0 Å². The maximum Gasteiger partial charge on any atom is 0.397 e. The van der Waals surface area contributed by atoms with Crippen molar-refractivity contribution in [1.29, 1.82) is 0 Å². The Morgan fingerprint density at radius 1 is 0.256 bits per heavy atom. The molecule has 10 heterocycles. The van der Waals surface area contributed by atoms with Gasteiger partial charge in [-0.2, -0.15) is 8.42 Å². The Bertz CT molecular complexity index is 3700. The second-order valence-corrected chi connectivity index (χ2v) is 33.3.